The highest BCUT2D eigenvalue weighted by Gasteiger charge is 2.50. The van der Waals surface area contributed by atoms with Crippen LogP contribution in [0.25, 0.3) is 0 Å². The largest absolute Gasteiger partial charge is 0.458 e. The molecule has 1 fully saturated rings. The summed E-state index contributed by atoms with van der Waals surface area (Å²) in [5, 5.41) is 0. The number of carbonyl (C=O) groups excluding carboxylic acids is 2. The summed E-state index contributed by atoms with van der Waals surface area (Å²) in [4.78, 5) is 23.6. The maximum Gasteiger partial charge on any atom is 0.331 e. The number of esters is 2. The van der Waals surface area contributed by atoms with Crippen LogP contribution in [0.5, 0.6) is 0 Å². The SMILES string of the molecule is C=C(C)CCC[C@@]1(C)CCC=C2[C@@H]1CC[C@@H](C)[C@]2(C)C[C@@H](OC(C)=O)C1=CC(=O)OC1. The Morgan fingerprint density at radius 1 is 1.32 bits per heavy atom. The third-order valence-electron chi connectivity index (χ3n) is 8.30. The Morgan fingerprint density at radius 3 is 2.68 bits per heavy atom. The first-order chi connectivity index (χ1) is 14.5. The van der Waals surface area contributed by atoms with Crippen LogP contribution in [-0.4, -0.2) is 24.6 Å². The summed E-state index contributed by atoms with van der Waals surface area (Å²) in [6.07, 6.45) is 12.6. The van der Waals surface area contributed by atoms with Crippen molar-refractivity contribution in [1.29, 1.82) is 0 Å². The first-order valence-corrected chi connectivity index (χ1v) is 11.9. The number of hydrogen-bond donors (Lipinski definition) is 0. The van der Waals surface area contributed by atoms with E-state index in [2.05, 4.69) is 40.3 Å². The zero-order chi connectivity index (χ0) is 22.8. The fourth-order valence-electron chi connectivity index (χ4n) is 6.23. The Hall–Kier alpha value is -1.84. The summed E-state index contributed by atoms with van der Waals surface area (Å²) < 4.78 is 10.9. The van der Waals surface area contributed by atoms with E-state index in [1.54, 1.807) is 5.57 Å². The number of ether oxygens (including phenoxy) is 2. The Kier molecular flexibility index (Phi) is 7.18. The van der Waals surface area contributed by atoms with Gasteiger partial charge in [0.25, 0.3) is 0 Å². The zero-order valence-corrected chi connectivity index (χ0v) is 20.1. The Labute approximate surface area is 188 Å². The first-order valence-electron chi connectivity index (χ1n) is 11.9. The minimum atomic E-state index is -0.410. The maximum absolute atomic E-state index is 11.9. The van der Waals surface area contributed by atoms with Gasteiger partial charge in [0, 0.05) is 18.6 Å². The fraction of sp³-hybridized carbons (Fsp3) is 0.704. The van der Waals surface area contributed by atoms with Gasteiger partial charge in [0.1, 0.15) is 12.7 Å². The second-order valence-electron chi connectivity index (χ2n) is 10.7. The summed E-state index contributed by atoms with van der Waals surface area (Å²) in [6, 6.07) is 0. The maximum atomic E-state index is 11.9. The molecule has 5 atom stereocenters. The van der Waals surface area contributed by atoms with Crippen LogP contribution in [-0.2, 0) is 19.1 Å². The summed E-state index contributed by atoms with van der Waals surface area (Å²) in [5.74, 6) is 0.412. The number of carbonyl (C=O) groups is 2. The van der Waals surface area contributed by atoms with Crippen LogP contribution in [0.3, 0.4) is 0 Å². The van der Waals surface area contributed by atoms with Crippen molar-refractivity contribution in [2.75, 3.05) is 6.61 Å². The van der Waals surface area contributed by atoms with Gasteiger partial charge in [-0.25, -0.2) is 4.79 Å². The minimum absolute atomic E-state index is 0.0639. The standard InChI is InChI=1S/C27H40O4/c1-18(2)9-7-13-26(5)14-8-10-23-22(26)12-11-19(3)27(23,6)16-24(31-20(4)28)21-15-25(29)30-17-21/h10,15,19,22,24H,1,7-9,11-14,16-17H2,2-6H3/t19-,22+,24-,26+,27+/m1/s1. The monoisotopic (exact) mass is 428 g/mol. The first kappa shape index (κ1) is 23.8. The van der Waals surface area contributed by atoms with Crippen molar-refractivity contribution in [1.82, 2.24) is 0 Å². The van der Waals surface area contributed by atoms with Crippen LogP contribution in [0, 0.1) is 22.7 Å². The second kappa shape index (κ2) is 9.34. The van der Waals surface area contributed by atoms with E-state index in [4.69, 9.17) is 9.47 Å². The number of rotatable bonds is 8. The van der Waals surface area contributed by atoms with E-state index in [1.807, 2.05) is 0 Å². The Bertz CT molecular complexity index is 791. The van der Waals surface area contributed by atoms with E-state index >= 15 is 0 Å². The normalized spacial score (nSPS) is 33.6. The van der Waals surface area contributed by atoms with Crippen molar-refractivity contribution >= 4 is 11.9 Å². The molecular formula is C27H40O4. The number of fused-ring (bicyclic) bond motifs is 1. The van der Waals surface area contributed by atoms with E-state index in [9.17, 15) is 9.59 Å². The van der Waals surface area contributed by atoms with E-state index in [0.717, 1.165) is 18.4 Å². The van der Waals surface area contributed by atoms with Gasteiger partial charge in [0.2, 0.25) is 0 Å². The highest BCUT2D eigenvalue weighted by molar-refractivity contribution is 5.85. The summed E-state index contributed by atoms with van der Waals surface area (Å²) in [5.41, 5.74) is 3.85. The number of hydrogen-bond acceptors (Lipinski definition) is 4. The average Bonchev–Trinajstić information content (AvgIpc) is 3.11. The molecule has 1 aliphatic heterocycles. The van der Waals surface area contributed by atoms with E-state index in [0.29, 0.717) is 23.7 Å². The van der Waals surface area contributed by atoms with Gasteiger partial charge in [-0.3, -0.25) is 4.79 Å². The summed E-state index contributed by atoms with van der Waals surface area (Å²) in [6.45, 7) is 15.0. The van der Waals surface area contributed by atoms with Crippen LogP contribution in [0.4, 0.5) is 0 Å². The highest BCUT2D eigenvalue weighted by Crippen LogP contribution is 2.59. The fourth-order valence-corrected chi connectivity index (χ4v) is 6.23. The van der Waals surface area contributed by atoms with Gasteiger partial charge in [-0.15, -0.1) is 6.58 Å². The van der Waals surface area contributed by atoms with Gasteiger partial charge in [0.15, 0.2) is 0 Å². The van der Waals surface area contributed by atoms with Gasteiger partial charge < -0.3 is 9.47 Å². The zero-order valence-electron chi connectivity index (χ0n) is 20.1. The quantitative estimate of drug-likeness (QED) is 0.335. The van der Waals surface area contributed by atoms with E-state index in [1.165, 1.54) is 50.7 Å². The molecule has 0 aromatic carbocycles. The molecule has 0 N–H and O–H groups in total. The molecule has 31 heavy (non-hydrogen) atoms. The lowest BCUT2D eigenvalue weighted by molar-refractivity contribution is -0.146. The molecule has 1 saturated carbocycles. The van der Waals surface area contributed by atoms with Gasteiger partial charge in [-0.2, -0.15) is 0 Å². The van der Waals surface area contributed by atoms with Crippen molar-refractivity contribution in [3.05, 3.63) is 35.5 Å². The van der Waals surface area contributed by atoms with E-state index in [-0.39, 0.29) is 24.0 Å². The second-order valence-corrected chi connectivity index (χ2v) is 10.7. The Morgan fingerprint density at radius 2 is 2.06 bits per heavy atom. The molecule has 0 spiro atoms. The predicted molar refractivity (Wildman–Crippen MR) is 123 cm³/mol. The molecule has 0 bridgehead atoms. The van der Waals surface area contributed by atoms with Crippen LogP contribution >= 0.6 is 0 Å². The summed E-state index contributed by atoms with van der Waals surface area (Å²) >= 11 is 0. The van der Waals surface area contributed by atoms with Crippen LogP contribution in [0.15, 0.2) is 35.5 Å². The molecular weight excluding hydrogens is 388 g/mol. The third-order valence-corrected chi connectivity index (χ3v) is 8.30. The molecule has 3 rings (SSSR count). The average molecular weight is 429 g/mol. The van der Waals surface area contributed by atoms with Crippen LogP contribution < -0.4 is 0 Å². The van der Waals surface area contributed by atoms with E-state index < -0.39 is 6.10 Å². The predicted octanol–water partition coefficient (Wildman–Crippen LogP) is 6.32. The molecule has 0 saturated heterocycles. The lowest BCUT2D eigenvalue weighted by Crippen LogP contribution is -2.46. The van der Waals surface area contributed by atoms with Gasteiger partial charge in [-0.1, -0.05) is 38.0 Å². The lowest BCUT2D eigenvalue weighted by atomic mass is 9.50. The Balaban J connectivity index is 1.86. The van der Waals surface area contributed by atoms with Crippen molar-refractivity contribution < 1.29 is 19.1 Å². The van der Waals surface area contributed by atoms with Crippen molar-refractivity contribution in [3.63, 3.8) is 0 Å². The smallest absolute Gasteiger partial charge is 0.331 e. The molecule has 0 radical (unpaired) electrons. The molecule has 1 heterocycles. The van der Waals surface area contributed by atoms with Gasteiger partial charge in [0.05, 0.1) is 0 Å². The highest BCUT2D eigenvalue weighted by atomic mass is 16.6. The number of allylic oxidation sites excluding steroid dienone is 3. The lowest BCUT2D eigenvalue weighted by Gasteiger charge is -2.54. The minimum Gasteiger partial charge on any atom is -0.458 e. The third kappa shape index (κ3) is 5.15. The van der Waals surface area contributed by atoms with Crippen LogP contribution in [0.2, 0.25) is 0 Å². The molecule has 4 nitrogen and oxygen atoms in total. The molecule has 2 aliphatic carbocycles. The van der Waals surface area contributed by atoms with Crippen molar-refractivity contribution in [2.45, 2.75) is 92.1 Å². The summed E-state index contributed by atoms with van der Waals surface area (Å²) in [7, 11) is 0. The molecule has 0 aromatic heterocycles. The molecule has 4 heteroatoms. The molecule has 0 aromatic rings. The van der Waals surface area contributed by atoms with Gasteiger partial charge >= 0.3 is 11.9 Å². The number of cyclic esters (lactones) is 1. The van der Waals surface area contributed by atoms with Crippen molar-refractivity contribution in [2.24, 2.45) is 22.7 Å². The van der Waals surface area contributed by atoms with Crippen LogP contribution in [0.1, 0.15) is 86.0 Å². The molecule has 0 amide bonds. The molecule has 0 unspecified atom stereocenters. The molecule has 172 valence electrons. The van der Waals surface area contributed by atoms with Crippen molar-refractivity contribution in [3.8, 4) is 0 Å². The van der Waals surface area contributed by atoms with Gasteiger partial charge in [-0.05, 0) is 81.0 Å². The topological polar surface area (TPSA) is 52.6 Å². The molecule has 3 aliphatic rings.